The van der Waals surface area contributed by atoms with Crippen LogP contribution in [0.25, 0.3) is 0 Å². The van der Waals surface area contributed by atoms with E-state index in [4.69, 9.17) is 0 Å². The Balaban J connectivity index is 0.00000220. The number of rotatable bonds is 2. The van der Waals surface area contributed by atoms with E-state index >= 15 is 0 Å². The molecule has 0 spiro atoms. The van der Waals surface area contributed by atoms with Crippen LogP contribution in [0.4, 0.5) is 22.0 Å². The lowest BCUT2D eigenvalue weighted by molar-refractivity contribution is -0.188. The molecule has 128 valence electrons. The van der Waals surface area contributed by atoms with E-state index in [0.29, 0.717) is 19.2 Å². The maximum atomic E-state index is 13.3. The molecule has 3 nitrogen and oxygen atoms in total. The number of nitrogens with zero attached hydrogens (tertiary/aromatic N) is 1. The zero-order valence-corrected chi connectivity index (χ0v) is 12.8. The molecule has 1 fully saturated rings. The number of phenols is 1. The molecule has 1 aromatic rings. The highest BCUT2D eigenvalue weighted by Crippen LogP contribution is 2.42. The summed E-state index contributed by atoms with van der Waals surface area (Å²) >= 11 is 0. The Labute approximate surface area is 136 Å². The van der Waals surface area contributed by atoms with Crippen molar-refractivity contribution in [1.29, 1.82) is 0 Å². The molecule has 0 unspecified atom stereocenters. The number of alkyl halides is 3. The van der Waals surface area contributed by atoms with Gasteiger partial charge in [-0.1, -0.05) is 6.07 Å². The van der Waals surface area contributed by atoms with Gasteiger partial charge in [0, 0.05) is 31.7 Å². The molecule has 22 heavy (non-hydrogen) atoms. The van der Waals surface area contributed by atoms with E-state index < -0.39 is 35.2 Å². The van der Waals surface area contributed by atoms with Crippen LogP contribution in [-0.4, -0.2) is 42.4 Å². The lowest BCUT2D eigenvalue weighted by Gasteiger charge is -2.36. The van der Waals surface area contributed by atoms with Crippen molar-refractivity contribution < 1.29 is 27.1 Å². The Morgan fingerprint density at radius 1 is 1.09 bits per heavy atom. The first-order chi connectivity index (χ1) is 9.32. The third-order valence-electron chi connectivity index (χ3n) is 3.22. The maximum absolute atomic E-state index is 13.3. The third-order valence-corrected chi connectivity index (χ3v) is 3.22. The number of aromatic hydroxyl groups is 1. The summed E-state index contributed by atoms with van der Waals surface area (Å²) in [6.07, 6.45) is -4.70. The summed E-state index contributed by atoms with van der Waals surface area (Å²) in [7, 11) is 0. The van der Waals surface area contributed by atoms with Crippen molar-refractivity contribution in [2.75, 3.05) is 26.2 Å². The largest absolute Gasteiger partial charge is 0.505 e. The van der Waals surface area contributed by atoms with Gasteiger partial charge in [0.15, 0.2) is 11.6 Å². The van der Waals surface area contributed by atoms with Gasteiger partial charge in [-0.3, -0.25) is 4.90 Å². The van der Waals surface area contributed by atoms with Gasteiger partial charge in [0.05, 0.1) is 0 Å². The van der Waals surface area contributed by atoms with Gasteiger partial charge in [0.1, 0.15) is 6.04 Å². The molecular weight excluding hydrogens is 354 g/mol. The monoisotopic (exact) mass is 368 g/mol. The standard InChI is InChI=1S/C12H13F5N2O.2ClH/c13-8-2-1-7(10(20)9(8)14)11(12(15,16)17)19-5-3-18-4-6-19;;/h1-2,11,18,20H,3-6H2;2*1H/t11-;;/m1../s1. The van der Waals surface area contributed by atoms with Gasteiger partial charge in [-0.25, -0.2) is 4.39 Å². The van der Waals surface area contributed by atoms with Crippen molar-refractivity contribution in [3.8, 4) is 5.75 Å². The summed E-state index contributed by atoms with van der Waals surface area (Å²) < 4.78 is 65.8. The highest BCUT2D eigenvalue weighted by Gasteiger charge is 2.46. The molecule has 1 heterocycles. The molecule has 0 aromatic heterocycles. The predicted octanol–water partition coefficient (Wildman–Crippen LogP) is 3.02. The summed E-state index contributed by atoms with van der Waals surface area (Å²) in [4.78, 5) is 1.09. The predicted molar refractivity (Wildman–Crippen MR) is 75.8 cm³/mol. The fraction of sp³-hybridized carbons (Fsp3) is 0.500. The molecule has 10 heteroatoms. The summed E-state index contributed by atoms with van der Waals surface area (Å²) in [6.45, 7) is 0.916. The highest BCUT2D eigenvalue weighted by atomic mass is 35.5. The van der Waals surface area contributed by atoms with Crippen molar-refractivity contribution >= 4 is 24.8 Å². The average molecular weight is 369 g/mol. The lowest BCUT2D eigenvalue weighted by Crippen LogP contribution is -2.49. The highest BCUT2D eigenvalue weighted by molar-refractivity contribution is 5.85. The van der Waals surface area contributed by atoms with Crippen LogP contribution in [0, 0.1) is 11.6 Å². The van der Waals surface area contributed by atoms with Crippen molar-refractivity contribution in [1.82, 2.24) is 10.2 Å². The lowest BCUT2D eigenvalue weighted by atomic mass is 10.0. The van der Waals surface area contributed by atoms with E-state index in [1.165, 1.54) is 0 Å². The van der Waals surface area contributed by atoms with Crippen molar-refractivity contribution in [3.05, 3.63) is 29.3 Å². The van der Waals surface area contributed by atoms with Crippen LogP contribution >= 0.6 is 24.8 Å². The first-order valence-electron chi connectivity index (χ1n) is 6.00. The van der Waals surface area contributed by atoms with Gasteiger partial charge in [-0.05, 0) is 6.07 Å². The second-order valence-corrected chi connectivity index (χ2v) is 4.53. The van der Waals surface area contributed by atoms with Gasteiger partial charge in [-0.2, -0.15) is 17.6 Å². The van der Waals surface area contributed by atoms with Crippen LogP contribution in [0.15, 0.2) is 12.1 Å². The molecule has 0 saturated carbocycles. The van der Waals surface area contributed by atoms with Gasteiger partial charge in [-0.15, -0.1) is 24.8 Å². The topological polar surface area (TPSA) is 35.5 Å². The number of halogens is 7. The smallest absolute Gasteiger partial charge is 0.408 e. The van der Waals surface area contributed by atoms with E-state index in [2.05, 4.69) is 5.32 Å². The number of hydrogen-bond acceptors (Lipinski definition) is 3. The summed E-state index contributed by atoms with van der Waals surface area (Å²) in [5.41, 5.74) is -0.668. The molecule has 2 rings (SSSR count). The minimum Gasteiger partial charge on any atom is -0.505 e. The SMILES string of the molecule is Cl.Cl.Oc1c([C@@H](N2CCNCC2)C(F)(F)F)ccc(F)c1F. The first-order valence-corrected chi connectivity index (χ1v) is 6.00. The molecule has 1 aliphatic rings. The van der Waals surface area contributed by atoms with E-state index in [9.17, 15) is 27.1 Å². The molecule has 2 N–H and O–H groups in total. The van der Waals surface area contributed by atoms with Crippen LogP contribution in [0.2, 0.25) is 0 Å². The number of nitrogens with one attached hydrogen (secondary N) is 1. The van der Waals surface area contributed by atoms with Crippen molar-refractivity contribution in [2.24, 2.45) is 0 Å². The molecule has 0 aliphatic carbocycles. The van der Waals surface area contributed by atoms with Crippen molar-refractivity contribution in [2.45, 2.75) is 12.2 Å². The van der Waals surface area contributed by atoms with E-state index in [1.807, 2.05) is 0 Å². The van der Waals surface area contributed by atoms with Crippen LogP contribution in [-0.2, 0) is 0 Å². The third kappa shape index (κ3) is 4.34. The Kier molecular flexibility index (Phi) is 7.84. The van der Waals surface area contributed by atoms with Crippen LogP contribution in [0.3, 0.4) is 0 Å². The number of benzene rings is 1. The average Bonchev–Trinajstić information content (AvgIpc) is 2.39. The van der Waals surface area contributed by atoms with Gasteiger partial charge < -0.3 is 10.4 Å². The second kappa shape index (κ2) is 8.14. The molecular formula is C12H15Cl2F5N2O. The van der Waals surface area contributed by atoms with E-state index in [0.717, 1.165) is 11.0 Å². The zero-order chi connectivity index (χ0) is 14.9. The fourth-order valence-electron chi connectivity index (χ4n) is 2.30. The minimum atomic E-state index is -4.70. The van der Waals surface area contributed by atoms with Crippen LogP contribution in [0.5, 0.6) is 5.75 Å². The Morgan fingerprint density at radius 2 is 1.64 bits per heavy atom. The minimum absolute atomic E-state index is 0. The van der Waals surface area contributed by atoms with Crippen LogP contribution < -0.4 is 5.32 Å². The van der Waals surface area contributed by atoms with E-state index in [1.54, 1.807) is 0 Å². The van der Waals surface area contributed by atoms with Gasteiger partial charge in [0.25, 0.3) is 0 Å². The molecule has 1 atom stereocenters. The normalized spacial score (nSPS) is 17.3. The maximum Gasteiger partial charge on any atom is 0.408 e. The van der Waals surface area contributed by atoms with E-state index in [-0.39, 0.29) is 37.9 Å². The molecule has 1 saturated heterocycles. The molecule has 1 aromatic carbocycles. The zero-order valence-electron chi connectivity index (χ0n) is 11.2. The number of phenolic OH excluding ortho intramolecular Hbond substituents is 1. The van der Waals surface area contributed by atoms with Crippen molar-refractivity contribution in [3.63, 3.8) is 0 Å². The van der Waals surface area contributed by atoms with Gasteiger partial charge >= 0.3 is 6.18 Å². The van der Waals surface area contributed by atoms with Crippen LogP contribution in [0.1, 0.15) is 11.6 Å². The Bertz CT molecular complexity index is 495. The van der Waals surface area contributed by atoms with Gasteiger partial charge in [0.2, 0.25) is 5.82 Å². The molecule has 0 radical (unpaired) electrons. The number of hydrogen-bond donors (Lipinski definition) is 2. The number of piperazine rings is 1. The summed E-state index contributed by atoms with van der Waals surface area (Å²) in [5, 5.41) is 12.4. The second-order valence-electron chi connectivity index (χ2n) is 4.53. The molecule has 1 aliphatic heterocycles. The molecule has 0 bridgehead atoms. The Morgan fingerprint density at radius 3 is 2.14 bits per heavy atom. The first kappa shape index (κ1) is 21.2. The quantitative estimate of drug-likeness (QED) is 0.787. The summed E-state index contributed by atoms with van der Waals surface area (Å²) in [5.74, 6) is -4.33. The summed E-state index contributed by atoms with van der Waals surface area (Å²) in [6, 6.07) is -0.793. The fourth-order valence-corrected chi connectivity index (χ4v) is 2.30. The molecule has 0 amide bonds. The Hall–Kier alpha value is -0.830.